The van der Waals surface area contributed by atoms with Gasteiger partial charge in [-0.25, -0.2) is 9.78 Å². The molecule has 1 atom stereocenters. The maximum Gasteiger partial charge on any atom is 0.229 e. The van der Waals surface area contributed by atoms with Gasteiger partial charge in [-0.3, -0.25) is 19.2 Å². The summed E-state index contributed by atoms with van der Waals surface area (Å²) in [6, 6.07) is 17.5. The highest BCUT2D eigenvalue weighted by Crippen LogP contribution is 2.21. The Morgan fingerprint density at radius 3 is 1.86 bits per heavy atom. The van der Waals surface area contributed by atoms with Crippen LogP contribution in [0.5, 0.6) is 0 Å². The van der Waals surface area contributed by atoms with E-state index in [0.717, 1.165) is 5.56 Å². The molecule has 152 valence electrons. The molecule has 0 aliphatic rings. The number of halogens is 1. The molecule has 1 unspecified atom stereocenters. The Bertz CT molecular complexity index is 837. The van der Waals surface area contributed by atoms with Crippen LogP contribution in [0.25, 0.3) is 0 Å². The van der Waals surface area contributed by atoms with Gasteiger partial charge in [-0.1, -0.05) is 60.7 Å². The SMILES string of the molecule is O=C(COCc1ccccc1)C(=O)COOCC(=O)C(=O)C(Cl)c1ccccc1. The molecule has 2 aromatic rings. The van der Waals surface area contributed by atoms with Crippen molar-refractivity contribution in [3.05, 3.63) is 71.8 Å². The average Bonchev–Trinajstić information content (AvgIpc) is 2.76. The summed E-state index contributed by atoms with van der Waals surface area (Å²) < 4.78 is 5.17. The van der Waals surface area contributed by atoms with Crippen molar-refractivity contribution in [2.75, 3.05) is 19.8 Å². The normalized spacial score (nSPS) is 11.6. The first-order chi connectivity index (χ1) is 14.0. The molecule has 7 nitrogen and oxygen atoms in total. The quantitative estimate of drug-likeness (QED) is 0.162. The van der Waals surface area contributed by atoms with Crippen molar-refractivity contribution >= 4 is 34.7 Å². The molecule has 2 rings (SSSR count). The molecular weight excluding hydrogens is 400 g/mol. The third-order valence-electron chi connectivity index (χ3n) is 3.72. The Labute approximate surface area is 172 Å². The highest BCUT2D eigenvalue weighted by atomic mass is 35.5. The summed E-state index contributed by atoms with van der Waals surface area (Å²) in [4.78, 5) is 56.2. The van der Waals surface area contributed by atoms with Crippen molar-refractivity contribution < 1.29 is 33.7 Å². The lowest BCUT2D eigenvalue weighted by molar-refractivity contribution is -0.282. The van der Waals surface area contributed by atoms with Crippen LogP contribution in [0, 0.1) is 0 Å². The number of hydrogen-bond donors (Lipinski definition) is 0. The van der Waals surface area contributed by atoms with E-state index in [-0.39, 0.29) is 6.61 Å². The number of hydrogen-bond acceptors (Lipinski definition) is 7. The predicted octanol–water partition coefficient (Wildman–Crippen LogP) is 2.41. The topological polar surface area (TPSA) is 96.0 Å². The van der Waals surface area contributed by atoms with Crippen LogP contribution in [-0.4, -0.2) is 43.0 Å². The number of carbonyl (C=O) groups excluding carboxylic acids is 4. The van der Waals surface area contributed by atoms with Crippen LogP contribution in [0.4, 0.5) is 0 Å². The Morgan fingerprint density at radius 1 is 0.724 bits per heavy atom. The van der Waals surface area contributed by atoms with Crippen LogP contribution in [0.15, 0.2) is 60.7 Å². The highest BCUT2D eigenvalue weighted by molar-refractivity contribution is 6.49. The van der Waals surface area contributed by atoms with E-state index >= 15 is 0 Å². The van der Waals surface area contributed by atoms with Gasteiger partial charge >= 0.3 is 0 Å². The number of carbonyl (C=O) groups is 4. The second-order valence-corrected chi connectivity index (χ2v) is 6.35. The van der Waals surface area contributed by atoms with Crippen molar-refractivity contribution in [2.45, 2.75) is 12.0 Å². The minimum Gasteiger partial charge on any atom is -0.368 e. The van der Waals surface area contributed by atoms with Crippen molar-refractivity contribution in [1.82, 2.24) is 0 Å². The van der Waals surface area contributed by atoms with E-state index in [1.54, 1.807) is 30.3 Å². The van der Waals surface area contributed by atoms with E-state index < -0.39 is 48.3 Å². The fourth-order valence-electron chi connectivity index (χ4n) is 2.17. The number of benzene rings is 2. The summed E-state index contributed by atoms with van der Waals surface area (Å²) in [5, 5.41) is -1.14. The molecule has 0 aromatic heterocycles. The van der Waals surface area contributed by atoms with Crippen LogP contribution < -0.4 is 0 Å². The maximum atomic E-state index is 12.0. The molecule has 0 aliphatic heterocycles. The van der Waals surface area contributed by atoms with Gasteiger partial charge < -0.3 is 4.74 Å². The zero-order valence-corrected chi connectivity index (χ0v) is 16.2. The molecule has 0 amide bonds. The molecule has 0 heterocycles. The van der Waals surface area contributed by atoms with Crippen LogP contribution in [0.3, 0.4) is 0 Å². The van der Waals surface area contributed by atoms with E-state index in [1.165, 1.54) is 0 Å². The van der Waals surface area contributed by atoms with E-state index in [1.807, 2.05) is 30.3 Å². The number of rotatable bonds is 13. The average molecular weight is 419 g/mol. The highest BCUT2D eigenvalue weighted by Gasteiger charge is 2.25. The van der Waals surface area contributed by atoms with Gasteiger partial charge in [0.1, 0.15) is 25.2 Å². The first-order valence-corrected chi connectivity index (χ1v) is 9.11. The smallest absolute Gasteiger partial charge is 0.229 e. The molecule has 0 bridgehead atoms. The van der Waals surface area contributed by atoms with E-state index in [9.17, 15) is 19.2 Å². The maximum absolute atomic E-state index is 12.0. The summed E-state index contributed by atoms with van der Waals surface area (Å²) in [5.74, 6) is -3.45. The molecule has 8 heteroatoms. The molecule has 0 fully saturated rings. The molecule has 2 aromatic carbocycles. The Morgan fingerprint density at radius 2 is 1.24 bits per heavy atom. The van der Waals surface area contributed by atoms with Gasteiger partial charge in [-0.05, 0) is 11.1 Å². The van der Waals surface area contributed by atoms with E-state index in [2.05, 4.69) is 9.78 Å². The van der Waals surface area contributed by atoms with Gasteiger partial charge in [0.15, 0.2) is 0 Å². The summed E-state index contributed by atoms with van der Waals surface area (Å²) in [6.07, 6.45) is 0. The van der Waals surface area contributed by atoms with Gasteiger partial charge in [-0.15, -0.1) is 11.6 Å². The Hall–Kier alpha value is -2.71. The second kappa shape index (κ2) is 12.0. The zero-order valence-electron chi connectivity index (χ0n) is 15.4. The molecule has 0 saturated carbocycles. The van der Waals surface area contributed by atoms with Crippen LogP contribution >= 0.6 is 11.6 Å². The predicted molar refractivity (Wildman–Crippen MR) is 103 cm³/mol. The van der Waals surface area contributed by atoms with Gasteiger partial charge in [0, 0.05) is 0 Å². The second-order valence-electron chi connectivity index (χ2n) is 5.91. The van der Waals surface area contributed by atoms with Gasteiger partial charge in [0.05, 0.1) is 6.61 Å². The Kier molecular flexibility index (Phi) is 9.33. The van der Waals surface area contributed by atoms with Crippen molar-refractivity contribution in [3.63, 3.8) is 0 Å². The van der Waals surface area contributed by atoms with Gasteiger partial charge in [0.2, 0.25) is 23.1 Å². The summed E-state index contributed by atoms with van der Waals surface area (Å²) >= 11 is 5.97. The van der Waals surface area contributed by atoms with Crippen LogP contribution in [0.1, 0.15) is 16.5 Å². The molecular formula is C21H19ClO7. The van der Waals surface area contributed by atoms with Crippen LogP contribution in [0.2, 0.25) is 0 Å². The van der Waals surface area contributed by atoms with Gasteiger partial charge in [-0.2, -0.15) is 0 Å². The van der Waals surface area contributed by atoms with E-state index in [0.29, 0.717) is 5.56 Å². The first-order valence-electron chi connectivity index (χ1n) is 8.67. The fraction of sp³-hybridized carbons (Fsp3) is 0.238. The number of ether oxygens (including phenoxy) is 1. The Balaban J connectivity index is 1.63. The fourth-order valence-corrected chi connectivity index (χ4v) is 2.44. The van der Waals surface area contributed by atoms with Crippen molar-refractivity contribution in [1.29, 1.82) is 0 Å². The lowest BCUT2D eigenvalue weighted by Gasteiger charge is -2.08. The van der Waals surface area contributed by atoms with Crippen molar-refractivity contribution in [3.8, 4) is 0 Å². The molecule has 0 aliphatic carbocycles. The standard InChI is InChI=1S/C21H19ClO7/c22-20(16-9-5-2-6-10-16)21(26)19(25)14-29-28-13-18(24)17(23)12-27-11-15-7-3-1-4-8-15/h1-10,20H,11-14H2. The molecule has 0 saturated heterocycles. The molecule has 29 heavy (non-hydrogen) atoms. The first kappa shape index (κ1) is 22.6. The largest absolute Gasteiger partial charge is 0.368 e. The third-order valence-corrected chi connectivity index (χ3v) is 4.17. The molecule has 0 radical (unpaired) electrons. The lowest BCUT2D eigenvalue weighted by Crippen LogP contribution is -2.27. The molecule has 0 N–H and O–H groups in total. The summed E-state index contributed by atoms with van der Waals surface area (Å²) in [5.41, 5.74) is 1.34. The van der Waals surface area contributed by atoms with Gasteiger partial charge in [0.25, 0.3) is 0 Å². The number of ketones is 4. The monoisotopic (exact) mass is 418 g/mol. The summed E-state index contributed by atoms with van der Waals surface area (Å²) in [7, 11) is 0. The zero-order chi connectivity index (χ0) is 21.1. The lowest BCUT2D eigenvalue weighted by atomic mass is 10.1. The minimum absolute atomic E-state index is 0.189. The number of alkyl halides is 1. The van der Waals surface area contributed by atoms with Crippen molar-refractivity contribution in [2.24, 2.45) is 0 Å². The molecule has 0 spiro atoms. The van der Waals surface area contributed by atoms with E-state index in [4.69, 9.17) is 16.3 Å². The van der Waals surface area contributed by atoms with Crippen LogP contribution in [-0.2, 0) is 40.3 Å². The summed E-state index contributed by atoms with van der Waals surface area (Å²) in [6.45, 7) is -1.63. The third kappa shape index (κ3) is 7.67. The number of Topliss-reactive ketones (excluding diaryl/α,β-unsaturated/α-hetero) is 4. The minimum atomic E-state index is -1.14.